The van der Waals surface area contributed by atoms with Crippen molar-refractivity contribution in [2.75, 3.05) is 26.2 Å². The zero-order valence-corrected chi connectivity index (χ0v) is 10.2. The highest BCUT2D eigenvalue weighted by molar-refractivity contribution is 5.68. The number of nitrogens with zero attached hydrogens (tertiary/aromatic N) is 1. The molecule has 4 nitrogen and oxygen atoms in total. The van der Waals surface area contributed by atoms with Crippen LogP contribution in [0.3, 0.4) is 0 Å². The molecule has 1 N–H and O–H groups in total. The third kappa shape index (κ3) is 4.51. The fourth-order valence-electron chi connectivity index (χ4n) is 1.59. The van der Waals surface area contributed by atoms with Gasteiger partial charge in [-0.05, 0) is 33.2 Å². The normalized spacial score (nSPS) is 23.5. The van der Waals surface area contributed by atoms with Gasteiger partial charge in [-0.15, -0.1) is 0 Å². The molecule has 0 spiro atoms. The molecule has 88 valence electrons. The topological polar surface area (TPSA) is 41.6 Å². The molecule has 0 aromatic heterocycles. The third-order valence-corrected chi connectivity index (χ3v) is 2.24. The fraction of sp³-hybridized carbons (Fsp3) is 0.909. The Morgan fingerprint density at radius 2 is 2.13 bits per heavy atom. The minimum atomic E-state index is -0.403. The van der Waals surface area contributed by atoms with E-state index in [2.05, 4.69) is 12.2 Å². The Balaban J connectivity index is 2.50. The van der Waals surface area contributed by atoms with Crippen LogP contribution in [0.4, 0.5) is 4.79 Å². The van der Waals surface area contributed by atoms with Gasteiger partial charge < -0.3 is 15.0 Å². The Labute approximate surface area is 92.0 Å². The van der Waals surface area contributed by atoms with Crippen molar-refractivity contribution in [3.63, 3.8) is 0 Å². The second kappa shape index (κ2) is 4.84. The van der Waals surface area contributed by atoms with Crippen molar-refractivity contribution in [1.29, 1.82) is 0 Å². The van der Waals surface area contributed by atoms with E-state index < -0.39 is 5.60 Å². The van der Waals surface area contributed by atoms with E-state index in [1.807, 2.05) is 20.8 Å². The van der Waals surface area contributed by atoms with E-state index in [4.69, 9.17) is 4.74 Å². The van der Waals surface area contributed by atoms with Gasteiger partial charge in [-0.1, -0.05) is 6.92 Å². The van der Waals surface area contributed by atoms with Crippen LogP contribution in [-0.4, -0.2) is 42.8 Å². The van der Waals surface area contributed by atoms with Crippen LogP contribution in [0.15, 0.2) is 0 Å². The molecule has 15 heavy (non-hydrogen) atoms. The molecule has 0 unspecified atom stereocenters. The first-order valence-electron chi connectivity index (χ1n) is 5.57. The maximum atomic E-state index is 11.8. The molecular formula is C11H22N2O2. The predicted molar refractivity (Wildman–Crippen MR) is 59.8 cm³/mol. The molecule has 1 amide bonds. The van der Waals surface area contributed by atoms with Gasteiger partial charge in [-0.3, -0.25) is 0 Å². The Kier molecular flexibility index (Phi) is 3.97. The highest BCUT2D eigenvalue weighted by Crippen LogP contribution is 2.11. The summed E-state index contributed by atoms with van der Waals surface area (Å²) in [4.78, 5) is 13.6. The number of ether oxygens (including phenoxy) is 1. The molecule has 0 saturated carbocycles. The smallest absolute Gasteiger partial charge is 0.410 e. The largest absolute Gasteiger partial charge is 0.444 e. The van der Waals surface area contributed by atoms with Crippen LogP contribution in [0.25, 0.3) is 0 Å². The number of hydrogen-bond donors (Lipinski definition) is 1. The molecule has 0 aromatic rings. The SMILES string of the molecule is C[C@@H]1CNCCN(C(=O)OC(C)(C)C)C1. The molecule has 1 aliphatic rings. The van der Waals surface area contributed by atoms with E-state index >= 15 is 0 Å². The molecule has 0 bridgehead atoms. The number of amides is 1. The van der Waals surface area contributed by atoms with Crippen molar-refractivity contribution in [3.05, 3.63) is 0 Å². The quantitative estimate of drug-likeness (QED) is 0.664. The average molecular weight is 214 g/mol. The van der Waals surface area contributed by atoms with E-state index in [9.17, 15) is 4.79 Å². The lowest BCUT2D eigenvalue weighted by molar-refractivity contribution is 0.0245. The summed E-state index contributed by atoms with van der Waals surface area (Å²) >= 11 is 0. The third-order valence-electron chi connectivity index (χ3n) is 2.24. The lowest BCUT2D eigenvalue weighted by Gasteiger charge is -2.27. The maximum absolute atomic E-state index is 11.8. The Morgan fingerprint density at radius 3 is 2.73 bits per heavy atom. The summed E-state index contributed by atoms with van der Waals surface area (Å²) in [5.74, 6) is 0.486. The zero-order valence-electron chi connectivity index (χ0n) is 10.2. The van der Waals surface area contributed by atoms with E-state index in [-0.39, 0.29) is 6.09 Å². The number of carbonyl (C=O) groups is 1. The second-order valence-electron chi connectivity index (χ2n) is 5.24. The molecule has 1 saturated heterocycles. The molecule has 1 atom stereocenters. The lowest BCUT2D eigenvalue weighted by atomic mass is 10.2. The van der Waals surface area contributed by atoms with Gasteiger partial charge in [0.05, 0.1) is 0 Å². The summed E-state index contributed by atoms with van der Waals surface area (Å²) in [5, 5.41) is 3.30. The van der Waals surface area contributed by atoms with Crippen LogP contribution in [-0.2, 0) is 4.74 Å². The zero-order chi connectivity index (χ0) is 11.5. The van der Waals surface area contributed by atoms with Crippen LogP contribution in [0.2, 0.25) is 0 Å². The second-order valence-corrected chi connectivity index (χ2v) is 5.24. The summed E-state index contributed by atoms with van der Waals surface area (Å²) in [5.41, 5.74) is -0.403. The first-order valence-corrected chi connectivity index (χ1v) is 5.57. The summed E-state index contributed by atoms with van der Waals surface area (Å²) in [6, 6.07) is 0. The van der Waals surface area contributed by atoms with Crippen LogP contribution in [0.1, 0.15) is 27.7 Å². The standard InChI is InChI=1S/C11H22N2O2/c1-9-7-12-5-6-13(8-9)10(14)15-11(2,3)4/h9,12H,5-8H2,1-4H3/t9-/m1/s1. The van der Waals surface area contributed by atoms with Gasteiger partial charge in [0, 0.05) is 19.6 Å². The average Bonchev–Trinajstić information content (AvgIpc) is 2.26. The fourth-order valence-corrected chi connectivity index (χ4v) is 1.59. The van der Waals surface area contributed by atoms with Gasteiger partial charge in [-0.2, -0.15) is 0 Å². The molecular weight excluding hydrogens is 192 g/mol. The summed E-state index contributed by atoms with van der Waals surface area (Å²) < 4.78 is 5.34. The van der Waals surface area contributed by atoms with Crippen molar-refractivity contribution in [2.45, 2.75) is 33.3 Å². The highest BCUT2D eigenvalue weighted by atomic mass is 16.6. The number of hydrogen-bond acceptors (Lipinski definition) is 3. The van der Waals surface area contributed by atoms with E-state index in [0.717, 1.165) is 26.2 Å². The summed E-state index contributed by atoms with van der Waals surface area (Å²) in [6.07, 6.45) is -0.196. The van der Waals surface area contributed by atoms with Gasteiger partial charge in [0.25, 0.3) is 0 Å². The summed E-state index contributed by atoms with van der Waals surface area (Å²) in [6.45, 7) is 11.2. The molecule has 1 aliphatic heterocycles. The molecule has 1 heterocycles. The van der Waals surface area contributed by atoms with E-state index in [1.165, 1.54) is 0 Å². The monoisotopic (exact) mass is 214 g/mol. The van der Waals surface area contributed by atoms with Gasteiger partial charge >= 0.3 is 6.09 Å². The minimum absolute atomic E-state index is 0.196. The maximum Gasteiger partial charge on any atom is 0.410 e. The first-order chi connectivity index (χ1) is 6.88. The van der Waals surface area contributed by atoms with Crippen molar-refractivity contribution in [1.82, 2.24) is 10.2 Å². The minimum Gasteiger partial charge on any atom is -0.444 e. The van der Waals surface area contributed by atoms with Gasteiger partial charge in [-0.25, -0.2) is 4.79 Å². The van der Waals surface area contributed by atoms with Crippen LogP contribution in [0.5, 0.6) is 0 Å². The van der Waals surface area contributed by atoms with Gasteiger partial charge in [0.1, 0.15) is 5.60 Å². The molecule has 0 radical (unpaired) electrons. The van der Waals surface area contributed by atoms with Crippen molar-refractivity contribution < 1.29 is 9.53 Å². The molecule has 4 heteroatoms. The Hall–Kier alpha value is -0.770. The Morgan fingerprint density at radius 1 is 1.47 bits per heavy atom. The van der Waals surface area contributed by atoms with Crippen LogP contribution in [0, 0.1) is 5.92 Å². The molecule has 0 aliphatic carbocycles. The van der Waals surface area contributed by atoms with Gasteiger partial charge in [0.2, 0.25) is 0 Å². The molecule has 0 aromatic carbocycles. The lowest BCUT2D eigenvalue weighted by Crippen LogP contribution is -2.39. The van der Waals surface area contributed by atoms with Crippen molar-refractivity contribution in [2.24, 2.45) is 5.92 Å². The number of carbonyl (C=O) groups excluding carboxylic acids is 1. The molecule has 1 rings (SSSR count). The van der Waals surface area contributed by atoms with Crippen molar-refractivity contribution in [3.8, 4) is 0 Å². The number of rotatable bonds is 0. The molecule has 1 fully saturated rings. The van der Waals surface area contributed by atoms with Crippen molar-refractivity contribution >= 4 is 6.09 Å². The van der Waals surface area contributed by atoms with Gasteiger partial charge in [0.15, 0.2) is 0 Å². The predicted octanol–water partition coefficient (Wildman–Crippen LogP) is 1.46. The first kappa shape index (κ1) is 12.3. The van der Waals surface area contributed by atoms with E-state index in [1.54, 1.807) is 4.90 Å². The number of nitrogens with one attached hydrogen (secondary N) is 1. The van der Waals surface area contributed by atoms with Crippen LogP contribution < -0.4 is 5.32 Å². The highest BCUT2D eigenvalue weighted by Gasteiger charge is 2.24. The summed E-state index contributed by atoms with van der Waals surface area (Å²) in [7, 11) is 0. The van der Waals surface area contributed by atoms with Crippen LogP contribution >= 0.6 is 0 Å². The Bertz CT molecular complexity index is 223. The van der Waals surface area contributed by atoms with E-state index in [0.29, 0.717) is 5.92 Å².